The van der Waals surface area contributed by atoms with Gasteiger partial charge in [-0.1, -0.05) is 18.2 Å². The van der Waals surface area contributed by atoms with E-state index in [4.69, 9.17) is 9.47 Å². The number of hydrogen-bond acceptors (Lipinski definition) is 5. The van der Waals surface area contributed by atoms with E-state index in [-0.39, 0.29) is 12.2 Å². The largest absolute Gasteiger partial charge is 0.393 e. The van der Waals surface area contributed by atoms with E-state index in [2.05, 4.69) is 11.4 Å². The second-order valence-corrected chi connectivity index (χ2v) is 6.39. The summed E-state index contributed by atoms with van der Waals surface area (Å²) in [6, 6.07) is 8.10. The van der Waals surface area contributed by atoms with Gasteiger partial charge in [-0.05, 0) is 51.2 Å². The summed E-state index contributed by atoms with van der Waals surface area (Å²) in [7, 11) is 0. The Labute approximate surface area is 138 Å². The van der Waals surface area contributed by atoms with E-state index in [9.17, 15) is 10.2 Å². The molecular weight excluding hydrogens is 294 g/mol. The Morgan fingerprint density at radius 3 is 2.13 bits per heavy atom. The normalized spacial score (nSPS) is 22.4. The van der Waals surface area contributed by atoms with Crippen molar-refractivity contribution in [3.63, 3.8) is 0 Å². The van der Waals surface area contributed by atoms with E-state index in [1.807, 2.05) is 18.2 Å². The van der Waals surface area contributed by atoms with E-state index < -0.39 is 5.91 Å². The Bertz CT molecular complexity index is 433. The number of aliphatic hydroxyl groups is 2. The van der Waals surface area contributed by atoms with Crippen LogP contribution in [0.25, 0.3) is 0 Å². The topological polar surface area (TPSA) is 71.0 Å². The van der Waals surface area contributed by atoms with Crippen molar-refractivity contribution >= 4 is 5.69 Å². The summed E-state index contributed by atoms with van der Waals surface area (Å²) in [6.45, 7) is 4.63. The van der Waals surface area contributed by atoms with Gasteiger partial charge >= 0.3 is 0 Å². The van der Waals surface area contributed by atoms with Crippen molar-refractivity contribution in [3.05, 3.63) is 29.8 Å². The standard InChI is InChI=1S/C18H29NO4/c1-14(20)7-5-11-22-18(23-12-6-8-15(2)21)13-16-9-3-4-10-17(16)19-18/h3-4,9-10,14-15,19-21H,5-8,11-13H2,1-2H3. The molecule has 2 unspecified atom stereocenters. The van der Waals surface area contributed by atoms with E-state index in [0.29, 0.717) is 32.5 Å². The zero-order chi connectivity index (χ0) is 16.7. The molecule has 5 heteroatoms. The molecule has 3 N–H and O–H groups in total. The number of ether oxygens (including phenoxy) is 2. The van der Waals surface area contributed by atoms with Gasteiger partial charge in [0.15, 0.2) is 0 Å². The van der Waals surface area contributed by atoms with Crippen molar-refractivity contribution in [2.75, 3.05) is 18.5 Å². The molecule has 1 heterocycles. The fourth-order valence-electron chi connectivity index (χ4n) is 2.74. The highest BCUT2D eigenvalue weighted by Crippen LogP contribution is 2.34. The van der Waals surface area contributed by atoms with Crippen LogP contribution in [0.2, 0.25) is 0 Å². The third-order valence-corrected chi connectivity index (χ3v) is 3.97. The van der Waals surface area contributed by atoms with Gasteiger partial charge in [-0.25, -0.2) is 0 Å². The number of benzene rings is 1. The Morgan fingerprint density at radius 2 is 1.61 bits per heavy atom. The lowest BCUT2D eigenvalue weighted by Crippen LogP contribution is -2.43. The number of aliphatic hydroxyl groups excluding tert-OH is 2. The number of anilines is 1. The second-order valence-electron chi connectivity index (χ2n) is 6.39. The summed E-state index contributed by atoms with van der Waals surface area (Å²) in [5, 5.41) is 22.1. The molecule has 130 valence electrons. The zero-order valence-corrected chi connectivity index (χ0v) is 14.1. The molecule has 1 aliphatic heterocycles. The molecule has 23 heavy (non-hydrogen) atoms. The van der Waals surface area contributed by atoms with Gasteiger partial charge in [-0.15, -0.1) is 0 Å². The van der Waals surface area contributed by atoms with Crippen molar-refractivity contribution in [3.8, 4) is 0 Å². The molecule has 2 atom stereocenters. The highest BCUT2D eigenvalue weighted by molar-refractivity contribution is 5.57. The van der Waals surface area contributed by atoms with Crippen molar-refractivity contribution in [2.24, 2.45) is 0 Å². The third kappa shape index (κ3) is 5.77. The number of para-hydroxylation sites is 1. The average Bonchev–Trinajstić information content (AvgIpc) is 2.86. The fourth-order valence-corrected chi connectivity index (χ4v) is 2.74. The van der Waals surface area contributed by atoms with Crippen LogP contribution in [0.5, 0.6) is 0 Å². The van der Waals surface area contributed by atoms with Gasteiger partial charge in [0.2, 0.25) is 0 Å². The van der Waals surface area contributed by atoms with Crippen LogP contribution < -0.4 is 5.32 Å². The van der Waals surface area contributed by atoms with Crippen molar-refractivity contribution in [1.29, 1.82) is 0 Å². The third-order valence-electron chi connectivity index (χ3n) is 3.97. The second kappa shape index (κ2) is 8.64. The van der Waals surface area contributed by atoms with Crippen LogP contribution in [0.4, 0.5) is 5.69 Å². The first-order valence-corrected chi connectivity index (χ1v) is 8.51. The molecule has 1 aliphatic rings. The van der Waals surface area contributed by atoms with Crippen LogP contribution in [-0.2, 0) is 15.9 Å². The molecule has 0 spiro atoms. The SMILES string of the molecule is CC(O)CCCOC1(OCCCC(C)O)Cc2ccccc2N1. The van der Waals surface area contributed by atoms with E-state index in [1.165, 1.54) is 5.56 Å². The number of rotatable bonds is 10. The first kappa shape index (κ1) is 18.2. The van der Waals surface area contributed by atoms with Crippen LogP contribution in [0.15, 0.2) is 24.3 Å². The minimum absolute atomic E-state index is 0.310. The van der Waals surface area contributed by atoms with Crippen LogP contribution >= 0.6 is 0 Å². The Kier molecular flexibility index (Phi) is 6.84. The molecule has 0 aliphatic carbocycles. The molecule has 0 aromatic heterocycles. The molecule has 0 bridgehead atoms. The summed E-state index contributed by atoms with van der Waals surface area (Å²) in [5.41, 5.74) is 2.22. The Morgan fingerprint density at radius 1 is 1.04 bits per heavy atom. The molecule has 0 amide bonds. The number of hydrogen-bond donors (Lipinski definition) is 3. The van der Waals surface area contributed by atoms with Crippen LogP contribution in [0.1, 0.15) is 45.1 Å². The Hall–Kier alpha value is -1.14. The van der Waals surface area contributed by atoms with Crippen LogP contribution in [0, 0.1) is 0 Å². The van der Waals surface area contributed by atoms with Gasteiger partial charge in [0.1, 0.15) is 0 Å². The maximum absolute atomic E-state index is 9.35. The minimum atomic E-state index is -0.832. The van der Waals surface area contributed by atoms with E-state index in [0.717, 1.165) is 18.5 Å². The maximum atomic E-state index is 9.35. The van der Waals surface area contributed by atoms with E-state index >= 15 is 0 Å². The molecule has 2 rings (SSSR count). The smallest absolute Gasteiger partial charge is 0.253 e. The highest BCUT2D eigenvalue weighted by atomic mass is 16.7. The summed E-state index contributed by atoms with van der Waals surface area (Å²) in [5.74, 6) is -0.832. The zero-order valence-electron chi connectivity index (χ0n) is 14.1. The van der Waals surface area contributed by atoms with Gasteiger partial charge in [-0.2, -0.15) is 0 Å². The average molecular weight is 323 g/mol. The fraction of sp³-hybridized carbons (Fsp3) is 0.667. The molecule has 0 radical (unpaired) electrons. The minimum Gasteiger partial charge on any atom is -0.393 e. The van der Waals surface area contributed by atoms with Crippen molar-refractivity contribution in [1.82, 2.24) is 0 Å². The van der Waals surface area contributed by atoms with Gasteiger partial charge in [-0.3, -0.25) is 0 Å². The molecular formula is C18H29NO4. The lowest BCUT2D eigenvalue weighted by molar-refractivity contribution is -0.215. The highest BCUT2D eigenvalue weighted by Gasteiger charge is 2.38. The summed E-state index contributed by atoms with van der Waals surface area (Å²) in [6.07, 6.45) is 3.04. The Balaban J connectivity index is 1.90. The first-order valence-electron chi connectivity index (χ1n) is 8.51. The molecule has 1 aromatic carbocycles. The first-order chi connectivity index (χ1) is 11.0. The quantitative estimate of drug-likeness (QED) is 0.456. The summed E-state index contributed by atoms with van der Waals surface area (Å²) >= 11 is 0. The molecule has 0 fully saturated rings. The van der Waals surface area contributed by atoms with Gasteiger partial charge in [0.05, 0.1) is 25.4 Å². The molecule has 0 saturated carbocycles. The molecule has 0 saturated heterocycles. The number of nitrogens with one attached hydrogen (secondary N) is 1. The van der Waals surface area contributed by atoms with Crippen LogP contribution in [-0.4, -0.2) is 41.5 Å². The lowest BCUT2D eigenvalue weighted by Gasteiger charge is -2.30. The van der Waals surface area contributed by atoms with Gasteiger partial charge < -0.3 is 25.0 Å². The summed E-state index contributed by atoms with van der Waals surface area (Å²) in [4.78, 5) is 0. The monoisotopic (exact) mass is 323 g/mol. The number of fused-ring (bicyclic) bond motifs is 1. The van der Waals surface area contributed by atoms with E-state index in [1.54, 1.807) is 13.8 Å². The van der Waals surface area contributed by atoms with Crippen LogP contribution in [0.3, 0.4) is 0 Å². The summed E-state index contributed by atoms with van der Waals surface area (Å²) < 4.78 is 12.0. The predicted molar refractivity (Wildman–Crippen MR) is 90.2 cm³/mol. The van der Waals surface area contributed by atoms with Gasteiger partial charge in [0, 0.05) is 12.1 Å². The van der Waals surface area contributed by atoms with Crippen molar-refractivity contribution in [2.45, 2.75) is 64.1 Å². The lowest BCUT2D eigenvalue weighted by atomic mass is 10.1. The van der Waals surface area contributed by atoms with Gasteiger partial charge in [0.25, 0.3) is 5.91 Å². The predicted octanol–water partition coefficient (Wildman–Crippen LogP) is 2.66. The molecule has 5 nitrogen and oxygen atoms in total. The molecule has 1 aromatic rings. The van der Waals surface area contributed by atoms with Crippen molar-refractivity contribution < 1.29 is 19.7 Å². The maximum Gasteiger partial charge on any atom is 0.253 e.